The molecular formula is C17H21ClN2O. The molecule has 1 aromatic heterocycles. The van der Waals surface area contributed by atoms with Gasteiger partial charge in [0.25, 0.3) is 0 Å². The summed E-state index contributed by atoms with van der Waals surface area (Å²) in [6.45, 7) is 5.06. The summed E-state index contributed by atoms with van der Waals surface area (Å²) in [7, 11) is 1.71. The second-order valence-electron chi connectivity index (χ2n) is 5.03. The first-order valence-corrected chi connectivity index (χ1v) is 7.50. The summed E-state index contributed by atoms with van der Waals surface area (Å²) in [4.78, 5) is 4.44. The zero-order valence-corrected chi connectivity index (χ0v) is 13.4. The van der Waals surface area contributed by atoms with E-state index in [0.29, 0.717) is 5.02 Å². The van der Waals surface area contributed by atoms with Gasteiger partial charge in [-0.05, 0) is 43.7 Å². The number of nitrogens with zero attached hydrogens (tertiary/aromatic N) is 1. The highest BCUT2D eigenvalue weighted by Gasteiger charge is 2.15. The second-order valence-corrected chi connectivity index (χ2v) is 5.47. The number of aryl methyl sites for hydroxylation is 1. The highest BCUT2D eigenvalue weighted by Crippen LogP contribution is 2.26. The molecule has 0 radical (unpaired) electrons. The van der Waals surface area contributed by atoms with E-state index in [1.165, 1.54) is 11.1 Å². The number of hydrogen-bond acceptors (Lipinski definition) is 3. The summed E-state index contributed by atoms with van der Waals surface area (Å²) in [5.74, 6) is 0.914. The molecule has 0 spiro atoms. The summed E-state index contributed by atoms with van der Waals surface area (Å²) in [6, 6.07) is 10.2. The van der Waals surface area contributed by atoms with Gasteiger partial charge in [0.1, 0.15) is 5.75 Å². The Morgan fingerprint density at radius 2 is 2.10 bits per heavy atom. The van der Waals surface area contributed by atoms with Gasteiger partial charge in [0.05, 0.1) is 23.9 Å². The molecular weight excluding hydrogens is 284 g/mol. The predicted octanol–water partition coefficient (Wildman–Crippen LogP) is 3.95. The van der Waals surface area contributed by atoms with E-state index >= 15 is 0 Å². The Bertz CT molecular complexity index is 584. The van der Waals surface area contributed by atoms with Gasteiger partial charge in [-0.1, -0.05) is 36.2 Å². The minimum Gasteiger partial charge on any atom is -0.496 e. The molecule has 1 heterocycles. The number of methoxy groups -OCH3 is 1. The SMILES string of the molecule is CCNC(Cc1cc(C)ccc1OC)c1ccc(Cl)cn1. The van der Waals surface area contributed by atoms with E-state index in [9.17, 15) is 0 Å². The quantitative estimate of drug-likeness (QED) is 0.877. The summed E-state index contributed by atoms with van der Waals surface area (Å²) in [6.07, 6.45) is 2.52. The molecule has 0 aliphatic rings. The van der Waals surface area contributed by atoms with Crippen LogP contribution in [-0.2, 0) is 6.42 Å². The van der Waals surface area contributed by atoms with E-state index in [4.69, 9.17) is 16.3 Å². The van der Waals surface area contributed by atoms with Crippen LogP contribution in [0.5, 0.6) is 5.75 Å². The summed E-state index contributed by atoms with van der Waals surface area (Å²) < 4.78 is 5.47. The maximum absolute atomic E-state index is 5.92. The van der Waals surface area contributed by atoms with E-state index in [1.54, 1.807) is 13.3 Å². The number of rotatable bonds is 6. The summed E-state index contributed by atoms with van der Waals surface area (Å²) >= 11 is 5.92. The molecule has 0 aliphatic heterocycles. The van der Waals surface area contributed by atoms with Gasteiger partial charge in [0, 0.05) is 6.20 Å². The van der Waals surface area contributed by atoms with Crippen molar-refractivity contribution in [1.82, 2.24) is 10.3 Å². The van der Waals surface area contributed by atoms with Crippen LogP contribution in [0.15, 0.2) is 36.5 Å². The van der Waals surface area contributed by atoms with Crippen LogP contribution in [0, 0.1) is 6.92 Å². The lowest BCUT2D eigenvalue weighted by Gasteiger charge is -2.19. The molecule has 112 valence electrons. The minimum absolute atomic E-state index is 0.142. The van der Waals surface area contributed by atoms with Gasteiger partial charge in [-0.3, -0.25) is 4.98 Å². The van der Waals surface area contributed by atoms with Crippen molar-refractivity contribution < 1.29 is 4.74 Å². The molecule has 0 fully saturated rings. The smallest absolute Gasteiger partial charge is 0.122 e. The fourth-order valence-electron chi connectivity index (χ4n) is 2.41. The zero-order chi connectivity index (χ0) is 15.2. The van der Waals surface area contributed by atoms with Crippen molar-refractivity contribution in [1.29, 1.82) is 0 Å². The third-order valence-electron chi connectivity index (χ3n) is 3.42. The third-order valence-corrected chi connectivity index (χ3v) is 3.64. The van der Waals surface area contributed by atoms with E-state index in [-0.39, 0.29) is 6.04 Å². The number of pyridine rings is 1. The highest BCUT2D eigenvalue weighted by molar-refractivity contribution is 6.30. The summed E-state index contributed by atoms with van der Waals surface area (Å²) in [5.41, 5.74) is 3.40. The molecule has 0 saturated carbocycles. The molecule has 3 nitrogen and oxygen atoms in total. The average molecular weight is 305 g/mol. The lowest BCUT2D eigenvalue weighted by atomic mass is 10.00. The first-order valence-electron chi connectivity index (χ1n) is 7.12. The van der Waals surface area contributed by atoms with Crippen molar-refractivity contribution >= 4 is 11.6 Å². The maximum atomic E-state index is 5.92. The lowest BCUT2D eigenvalue weighted by Crippen LogP contribution is -2.24. The van der Waals surface area contributed by atoms with Gasteiger partial charge >= 0.3 is 0 Å². The third kappa shape index (κ3) is 4.19. The number of halogens is 1. The average Bonchev–Trinajstić information content (AvgIpc) is 2.48. The molecule has 1 N–H and O–H groups in total. The molecule has 1 aromatic carbocycles. The van der Waals surface area contributed by atoms with Crippen molar-refractivity contribution in [3.8, 4) is 5.75 Å². The van der Waals surface area contributed by atoms with Crippen LogP contribution in [0.1, 0.15) is 29.8 Å². The predicted molar refractivity (Wildman–Crippen MR) is 87.1 cm³/mol. The molecule has 0 saturated heterocycles. The zero-order valence-electron chi connectivity index (χ0n) is 12.7. The molecule has 2 rings (SSSR count). The van der Waals surface area contributed by atoms with Crippen LogP contribution < -0.4 is 10.1 Å². The Morgan fingerprint density at radius 3 is 2.71 bits per heavy atom. The molecule has 2 aromatic rings. The van der Waals surface area contributed by atoms with Gasteiger partial charge in [-0.15, -0.1) is 0 Å². The number of ether oxygens (including phenoxy) is 1. The molecule has 1 unspecified atom stereocenters. The maximum Gasteiger partial charge on any atom is 0.122 e. The second kappa shape index (κ2) is 7.43. The van der Waals surface area contributed by atoms with E-state index < -0.39 is 0 Å². The first kappa shape index (κ1) is 15.8. The number of benzene rings is 1. The Kier molecular flexibility index (Phi) is 5.59. The lowest BCUT2D eigenvalue weighted by molar-refractivity contribution is 0.405. The topological polar surface area (TPSA) is 34.1 Å². The van der Waals surface area contributed by atoms with Crippen LogP contribution in [0.3, 0.4) is 0 Å². The van der Waals surface area contributed by atoms with Gasteiger partial charge < -0.3 is 10.1 Å². The van der Waals surface area contributed by atoms with Gasteiger partial charge in [0.15, 0.2) is 0 Å². The van der Waals surface area contributed by atoms with Gasteiger partial charge in [-0.25, -0.2) is 0 Å². The number of likely N-dealkylation sites (N-methyl/N-ethyl adjacent to an activating group) is 1. The molecule has 1 atom stereocenters. The van der Waals surface area contributed by atoms with Crippen LogP contribution >= 0.6 is 11.6 Å². The Hall–Kier alpha value is -1.58. The number of hydrogen-bond donors (Lipinski definition) is 1. The molecule has 4 heteroatoms. The van der Waals surface area contributed by atoms with Crippen molar-refractivity contribution in [2.24, 2.45) is 0 Å². The van der Waals surface area contributed by atoms with Crippen LogP contribution in [0.25, 0.3) is 0 Å². The molecule has 0 aliphatic carbocycles. The van der Waals surface area contributed by atoms with Crippen LogP contribution in [-0.4, -0.2) is 18.6 Å². The van der Waals surface area contributed by atoms with E-state index in [0.717, 1.165) is 24.4 Å². The molecule has 21 heavy (non-hydrogen) atoms. The monoisotopic (exact) mass is 304 g/mol. The Morgan fingerprint density at radius 1 is 1.29 bits per heavy atom. The van der Waals surface area contributed by atoms with E-state index in [2.05, 4.69) is 36.3 Å². The fraction of sp³-hybridized carbons (Fsp3) is 0.353. The van der Waals surface area contributed by atoms with Crippen molar-refractivity contribution in [2.75, 3.05) is 13.7 Å². The Balaban J connectivity index is 2.27. The molecule has 0 amide bonds. The van der Waals surface area contributed by atoms with Crippen LogP contribution in [0.2, 0.25) is 5.02 Å². The van der Waals surface area contributed by atoms with Gasteiger partial charge in [0.2, 0.25) is 0 Å². The fourth-order valence-corrected chi connectivity index (χ4v) is 2.52. The largest absolute Gasteiger partial charge is 0.496 e. The number of aromatic nitrogens is 1. The summed E-state index contributed by atoms with van der Waals surface area (Å²) in [5, 5.41) is 4.13. The highest BCUT2D eigenvalue weighted by atomic mass is 35.5. The first-order chi connectivity index (χ1) is 10.1. The normalized spacial score (nSPS) is 12.2. The van der Waals surface area contributed by atoms with Crippen molar-refractivity contribution in [3.63, 3.8) is 0 Å². The Labute approximate surface area is 131 Å². The van der Waals surface area contributed by atoms with E-state index in [1.807, 2.05) is 18.2 Å². The number of nitrogens with one attached hydrogen (secondary N) is 1. The minimum atomic E-state index is 0.142. The standard InChI is InChI=1S/C17H21ClN2O/c1-4-19-16(15-7-6-14(18)11-20-15)10-13-9-12(2)5-8-17(13)21-3/h5-9,11,16,19H,4,10H2,1-3H3. The van der Waals surface area contributed by atoms with Crippen LogP contribution in [0.4, 0.5) is 0 Å². The van der Waals surface area contributed by atoms with Crippen molar-refractivity contribution in [3.05, 3.63) is 58.4 Å². The molecule has 0 bridgehead atoms. The van der Waals surface area contributed by atoms with Gasteiger partial charge in [-0.2, -0.15) is 0 Å². The van der Waals surface area contributed by atoms with Crippen molar-refractivity contribution in [2.45, 2.75) is 26.3 Å².